The molecule has 2 atom stereocenters. The summed E-state index contributed by atoms with van der Waals surface area (Å²) in [5.74, 6) is 1.03. The van der Waals surface area contributed by atoms with Crippen LogP contribution in [0, 0.1) is 5.41 Å². The summed E-state index contributed by atoms with van der Waals surface area (Å²) in [6.07, 6.45) is 6.49. The zero-order valence-electron chi connectivity index (χ0n) is 12.7. The van der Waals surface area contributed by atoms with E-state index in [9.17, 15) is 0 Å². The fourth-order valence-corrected chi connectivity index (χ4v) is 4.34. The minimum absolute atomic E-state index is 0.227. The Bertz CT molecular complexity index is 498. The van der Waals surface area contributed by atoms with Crippen molar-refractivity contribution in [3.05, 3.63) is 11.2 Å². The third kappa shape index (κ3) is 2.46. The molecule has 1 aromatic rings. The summed E-state index contributed by atoms with van der Waals surface area (Å²) in [6, 6.07) is 2.23. The van der Waals surface area contributed by atoms with E-state index >= 15 is 0 Å². The maximum Gasteiger partial charge on any atom is 0.223 e. The zero-order chi connectivity index (χ0) is 15.0. The van der Waals surface area contributed by atoms with Gasteiger partial charge in [0.2, 0.25) is 5.95 Å². The van der Waals surface area contributed by atoms with Crippen molar-refractivity contribution in [1.29, 1.82) is 0 Å². The van der Waals surface area contributed by atoms with E-state index in [0.29, 0.717) is 17.3 Å². The predicted molar refractivity (Wildman–Crippen MR) is 84.6 cm³/mol. The molecule has 2 saturated carbocycles. The quantitative estimate of drug-likeness (QED) is 0.866. The van der Waals surface area contributed by atoms with Gasteiger partial charge in [-0.25, -0.2) is 4.98 Å². The molecule has 0 amide bonds. The van der Waals surface area contributed by atoms with E-state index < -0.39 is 0 Å². The van der Waals surface area contributed by atoms with Gasteiger partial charge in [0.05, 0.1) is 6.10 Å². The Morgan fingerprint density at radius 1 is 1.43 bits per heavy atom. The van der Waals surface area contributed by atoms with Crippen LogP contribution in [-0.2, 0) is 4.74 Å². The monoisotopic (exact) mass is 310 g/mol. The van der Waals surface area contributed by atoms with Crippen LogP contribution >= 0.6 is 11.6 Å². The van der Waals surface area contributed by atoms with Crippen LogP contribution in [-0.4, -0.2) is 35.8 Å². The van der Waals surface area contributed by atoms with Crippen molar-refractivity contribution in [3.63, 3.8) is 0 Å². The average Bonchev–Trinajstić information content (AvgIpc) is 2.93. The Morgan fingerprint density at radius 2 is 2.14 bits per heavy atom. The van der Waals surface area contributed by atoms with Gasteiger partial charge in [0, 0.05) is 31.2 Å². The van der Waals surface area contributed by atoms with Crippen LogP contribution in [0.4, 0.5) is 11.8 Å². The van der Waals surface area contributed by atoms with Crippen molar-refractivity contribution < 1.29 is 4.74 Å². The topological polar surface area (TPSA) is 64.3 Å². The summed E-state index contributed by atoms with van der Waals surface area (Å²) in [5.41, 5.74) is 5.99. The molecule has 2 N–H and O–H groups in total. The summed E-state index contributed by atoms with van der Waals surface area (Å²) >= 11 is 6.01. The van der Waals surface area contributed by atoms with Gasteiger partial charge < -0.3 is 15.4 Å². The Morgan fingerprint density at radius 3 is 2.76 bits per heavy atom. The van der Waals surface area contributed by atoms with Gasteiger partial charge in [0.1, 0.15) is 11.0 Å². The molecule has 0 saturated heterocycles. The summed E-state index contributed by atoms with van der Waals surface area (Å²) < 4.78 is 5.97. The van der Waals surface area contributed by atoms with E-state index in [0.717, 1.165) is 18.8 Å². The molecule has 2 fully saturated rings. The lowest BCUT2D eigenvalue weighted by atomic mass is 9.60. The van der Waals surface area contributed by atoms with Crippen molar-refractivity contribution in [3.8, 4) is 0 Å². The lowest BCUT2D eigenvalue weighted by Crippen LogP contribution is -2.63. The van der Waals surface area contributed by atoms with Gasteiger partial charge in [0.15, 0.2) is 0 Å². The second-order valence-corrected chi connectivity index (χ2v) is 6.54. The Hall–Kier alpha value is -1.07. The number of nitrogens with two attached hydrogens (primary N) is 1. The van der Waals surface area contributed by atoms with Crippen LogP contribution in [0.5, 0.6) is 0 Å². The van der Waals surface area contributed by atoms with E-state index in [1.54, 1.807) is 6.07 Å². The second-order valence-electron chi connectivity index (χ2n) is 6.15. The molecule has 0 aromatic carbocycles. The molecule has 0 bridgehead atoms. The van der Waals surface area contributed by atoms with E-state index in [4.69, 9.17) is 22.1 Å². The molecule has 3 rings (SSSR count). The molecule has 21 heavy (non-hydrogen) atoms. The normalized spacial score (nSPS) is 26.8. The number of nitrogen functional groups attached to an aromatic ring is 1. The molecule has 1 heterocycles. The van der Waals surface area contributed by atoms with Crippen molar-refractivity contribution in [2.75, 3.05) is 24.3 Å². The second kappa shape index (κ2) is 5.61. The number of nitrogens with zero attached hydrogens (tertiary/aromatic N) is 3. The van der Waals surface area contributed by atoms with Crippen LogP contribution in [0.25, 0.3) is 0 Å². The first-order chi connectivity index (χ1) is 10.1. The fraction of sp³-hybridized carbons (Fsp3) is 0.733. The maximum absolute atomic E-state index is 6.01. The highest BCUT2D eigenvalue weighted by Gasteiger charge is 2.58. The van der Waals surface area contributed by atoms with Gasteiger partial charge in [-0.05, 0) is 26.2 Å². The molecule has 0 radical (unpaired) electrons. The summed E-state index contributed by atoms with van der Waals surface area (Å²) in [6.45, 7) is 2.86. The molecular formula is C15H23ClN4O. The number of rotatable bonds is 4. The summed E-state index contributed by atoms with van der Waals surface area (Å²) in [5, 5.41) is 0.394. The SMILES string of the molecule is CCOC1CC(N(C)c2cc(Cl)nc(N)n2)C12CCCC2. The molecule has 5 nitrogen and oxygen atoms in total. The van der Waals surface area contributed by atoms with Crippen LogP contribution in [0.2, 0.25) is 5.15 Å². The Kier molecular flexibility index (Phi) is 3.97. The standard InChI is InChI=1S/C15H23ClN4O/c1-3-21-11-8-10(15(11)6-4-5-7-15)20(2)13-9-12(16)18-14(17)19-13/h9-11H,3-8H2,1-2H3,(H2,17,18,19). The lowest BCUT2D eigenvalue weighted by Gasteiger charge is -2.57. The highest BCUT2D eigenvalue weighted by atomic mass is 35.5. The first kappa shape index (κ1) is 14.9. The molecular weight excluding hydrogens is 288 g/mol. The van der Waals surface area contributed by atoms with Crippen LogP contribution < -0.4 is 10.6 Å². The maximum atomic E-state index is 6.01. The van der Waals surface area contributed by atoms with Gasteiger partial charge in [0.25, 0.3) is 0 Å². The van der Waals surface area contributed by atoms with Gasteiger partial charge in [-0.3, -0.25) is 0 Å². The van der Waals surface area contributed by atoms with E-state index in [1.807, 2.05) is 0 Å². The van der Waals surface area contributed by atoms with Crippen LogP contribution in [0.15, 0.2) is 6.07 Å². The van der Waals surface area contributed by atoms with Gasteiger partial charge in [-0.15, -0.1) is 0 Å². The minimum Gasteiger partial charge on any atom is -0.378 e. The average molecular weight is 311 g/mol. The first-order valence-electron chi connectivity index (χ1n) is 7.71. The fourth-order valence-electron chi connectivity index (χ4n) is 4.16. The van der Waals surface area contributed by atoms with Crippen LogP contribution in [0.1, 0.15) is 39.0 Å². The molecule has 2 aliphatic rings. The van der Waals surface area contributed by atoms with Gasteiger partial charge >= 0.3 is 0 Å². The first-order valence-corrected chi connectivity index (χ1v) is 8.09. The highest BCUT2D eigenvalue weighted by Crippen LogP contribution is 2.56. The third-order valence-electron chi connectivity index (χ3n) is 5.17. The van der Waals surface area contributed by atoms with Crippen molar-refractivity contribution >= 4 is 23.4 Å². The highest BCUT2D eigenvalue weighted by molar-refractivity contribution is 6.29. The molecule has 116 valence electrons. The number of hydrogen-bond acceptors (Lipinski definition) is 5. The molecule has 0 aliphatic heterocycles. The predicted octanol–water partition coefficient (Wildman–Crippen LogP) is 2.89. The van der Waals surface area contributed by atoms with Crippen molar-refractivity contribution in [2.24, 2.45) is 5.41 Å². The van der Waals surface area contributed by atoms with E-state index in [1.165, 1.54) is 25.7 Å². The zero-order valence-corrected chi connectivity index (χ0v) is 13.4. The minimum atomic E-state index is 0.227. The Balaban J connectivity index is 1.83. The lowest BCUT2D eigenvalue weighted by molar-refractivity contribution is -0.121. The largest absolute Gasteiger partial charge is 0.378 e. The summed E-state index contributed by atoms with van der Waals surface area (Å²) in [4.78, 5) is 10.5. The number of anilines is 2. The van der Waals surface area contributed by atoms with E-state index in [2.05, 4.69) is 28.8 Å². The number of aromatic nitrogens is 2. The van der Waals surface area contributed by atoms with Crippen molar-refractivity contribution in [2.45, 2.75) is 51.2 Å². The third-order valence-corrected chi connectivity index (χ3v) is 5.37. The number of hydrogen-bond donors (Lipinski definition) is 1. The molecule has 2 aliphatic carbocycles. The van der Waals surface area contributed by atoms with Crippen molar-refractivity contribution in [1.82, 2.24) is 9.97 Å². The van der Waals surface area contributed by atoms with E-state index in [-0.39, 0.29) is 11.4 Å². The van der Waals surface area contributed by atoms with Gasteiger partial charge in [-0.1, -0.05) is 24.4 Å². The molecule has 6 heteroatoms. The smallest absolute Gasteiger partial charge is 0.223 e. The van der Waals surface area contributed by atoms with Gasteiger partial charge in [-0.2, -0.15) is 4.98 Å². The molecule has 1 spiro atoms. The molecule has 1 aromatic heterocycles. The number of ether oxygens (including phenoxy) is 1. The Labute approximate surface area is 130 Å². The molecule has 2 unspecified atom stereocenters. The summed E-state index contributed by atoms with van der Waals surface area (Å²) in [7, 11) is 2.07. The van der Waals surface area contributed by atoms with Crippen LogP contribution in [0.3, 0.4) is 0 Å². The number of halogens is 1.